The van der Waals surface area contributed by atoms with E-state index in [-0.39, 0.29) is 0 Å². The molecule has 10 heavy (non-hydrogen) atoms. The van der Waals surface area contributed by atoms with Gasteiger partial charge in [-0.05, 0) is 24.7 Å². The SMILES string of the molecule is CC[C@H]1C=CC=C[C@H]1CC. The molecule has 0 aliphatic heterocycles. The van der Waals surface area contributed by atoms with Crippen LogP contribution in [0.5, 0.6) is 0 Å². The highest BCUT2D eigenvalue weighted by atomic mass is 14.2. The molecule has 0 heteroatoms. The zero-order valence-corrected chi connectivity index (χ0v) is 6.88. The Labute approximate surface area is 63.6 Å². The first kappa shape index (κ1) is 7.59. The van der Waals surface area contributed by atoms with E-state index in [9.17, 15) is 0 Å². The fraction of sp³-hybridized carbons (Fsp3) is 0.600. The van der Waals surface area contributed by atoms with E-state index in [0.29, 0.717) is 0 Å². The van der Waals surface area contributed by atoms with Gasteiger partial charge in [0.25, 0.3) is 0 Å². The van der Waals surface area contributed by atoms with Crippen molar-refractivity contribution in [3.8, 4) is 0 Å². The second-order valence-corrected chi connectivity index (χ2v) is 2.91. The van der Waals surface area contributed by atoms with Gasteiger partial charge in [0, 0.05) is 0 Å². The van der Waals surface area contributed by atoms with Crippen LogP contribution in [0, 0.1) is 11.8 Å². The van der Waals surface area contributed by atoms with Crippen molar-refractivity contribution < 1.29 is 0 Å². The maximum Gasteiger partial charge on any atom is -0.0170 e. The average Bonchev–Trinajstić information content (AvgIpc) is 2.04. The molecule has 1 rings (SSSR count). The lowest BCUT2D eigenvalue weighted by atomic mass is 9.85. The number of rotatable bonds is 2. The van der Waals surface area contributed by atoms with Gasteiger partial charge in [-0.25, -0.2) is 0 Å². The van der Waals surface area contributed by atoms with Crippen LogP contribution in [0.1, 0.15) is 26.7 Å². The molecular formula is C10H16. The van der Waals surface area contributed by atoms with Crippen molar-refractivity contribution >= 4 is 0 Å². The van der Waals surface area contributed by atoms with Gasteiger partial charge in [-0.2, -0.15) is 0 Å². The van der Waals surface area contributed by atoms with E-state index in [1.165, 1.54) is 12.8 Å². The summed E-state index contributed by atoms with van der Waals surface area (Å²) in [5.41, 5.74) is 0. The van der Waals surface area contributed by atoms with Crippen molar-refractivity contribution in [2.75, 3.05) is 0 Å². The monoisotopic (exact) mass is 136 g/mol. The summed E-state index contributed by atoms with van der Waals surface area (Å²) < 4.78 is 0. The summed E-state index contributed by atoms with van der Waals surface area (Å²) in [6.45, 7) is 4.52. The van der Waals surface area contributed by atoms with Crippen molar-refractivity contribution in [1.82, 2.24) is 0 Å². The highest BCUT2D eigenvalue weighted by Gasteiger charge is 2.13. The molecule has 0 spiro atoms. The van der Waals surface area contributed by atoms with Gasteiger partial charge >= 0.3 is 0 Å². The number of hydrogen-bond acceptors (Lipinski definition) is 0. The summed E-state index contributed by atoms with van der Waals surface area (Å²) >= 11 is 0. The second-order valence-electron chi connectivity index (χ2n) is 2.91. The first-order valence-corrected chi connectivity index (χ1v) is 4.23. The van der Waals surface area contributed by atoms with E-state index in [2.05, 4.69) is 38.2 Å². The quantitative estimate of drug-likeness (QED) is 0.547. The molecule has 0 radical (unpaired) electrons. The lowest BCUT2D eigenvalue weighted by Crippen LogP contribution is -2.10. The van der Waals surface area contributed by atoms with Crippen LogP contribution in [0.25, 0.3) is 0 Å². The third-order valence-electron chi connectivity index (χ3n) is 2.32. The zero-order chi connectivity index (χ0) is 7.40. The topological polar surface area (TPSA) is 0 Å². The van der Waals surface area contributed by atoms with Crippen LogP contribution >= 0.6 is 0 Å². The average molecular weight is 136 g/mol. The largest absolute Gasteiger partial charge is 0.0809 e. The maximum absolute atomic E-state index is 2.33. The summed E-state index contributed by atoms with van der Waals surface area (Å²) in [5.74, 6) is 1.60. The molecule has 56 valence electrons. The summed E-state index contributed by atoms with van der Waals surface area (Å²) in [7, 11) is 0. The van der Waals surface area contributed by atoms with E-state index in [4.69, 9.17) is 0 Å². The van der Waals surface area contributed by atoms with Gasteiger partial charge in [-0.1, -0.05) is 38.2 Å². The molecule has 0 aromatic carbocycles. The minimum absolute atomic E-state index is 0.801. The summed E-state index contributed by atoms with van der Waals surface area (Å²) in [6, 6.07) is 0. The Hall–Kier alpha value is -0.520. The molecule has 0 bridgehead atoms. The maximum atomic E-state index is 2.33. The number of allylic oxidation sites excluding steroid dienone is 4. The lowest BCUT2D eigenvalue weighted by Gasteiger charge is -2.20. The van der Waals surface area contributed by atoms with Crippen molar-refractivity contribution in [1.29, 1.82) is 0 Å². The molecule has 0 saturated heterocycles. The highest BCUT2D eigenvalue weighted by Crippen LogP contribution is 2.24. The Morgan fingerprint density at radius 1 is 0.900 bits per heavy atom. The molecular weight excluding hydrogens is 120 g/mol. The van der Waals surface area contributed by atoms with E-state index >= 15 is 0 Å². The Morgan fingerprint density at radius 2 is 1.30 bits per heavy atom. The van der Waals surface area contributed by atoms with E-state index in [1.807, 2.05) is 0 Å². The molecule has 0 heterocycles. The van der Waals surface area contributed by atoms with Crippen LogP contribution in [-0.2, 0) is 0 Å². The highest BCUT2D eigenvalue weighted by molar-refractivity contribution is 5.13. The Kier molecular flexibility index (Phi) is 2.73. The van der Waals surface area contributed by atoms with E-state index < -0.39 is 0 Å². The molecule has 0 nitrogen and oxygen atoms in total. The van der Waals surface area contributed by atoms with Crippen LogP contribution in [0.4, 0.5) is 0 Å². The molecule has 0 fully saturated rings. The molecule has 1 aliphatic rings. The first-order chi connectivity index (χ1) is 4.88. The summed E-state index contributed by atoms with van der Waals surface area (Å²) in [5, 5.41) is 0. The lowest BCUT2D eigenvalue weighted by molar-refractivity contribution is 0.445. The van der Waals surface area contributed by atoms with Crippen molar-refractivity contribution in [3.63, 3.8) is 0 Å². The normalized spacial score (nSPS) is 31.0. The fourth-order valence-electron chi connectivity index (χ4n) is 1.58. The standard InChI is InChI=1S/C10H16/c1-3-9-7-5-6-8-10(9)4-2/h5-10H,3-4H2,1-2H3/t9-,10+. The Bertz CT molecular complexity index is 124. The molecule has 0 aromatic rings. The molecule has 0 saturated carbocycles. The van der Waals surface area contributed by atoms with Gasteiger partial charge in [-0.3, -0.25) is 0 Å². The minimum atomic E-state index is 0.801. The van der Waals surface area contributed by atoms with Crippen molar-refractivity contribution in [2.24, 2.45) is 11.8 Å². The van der Waals surface area contributed by atoms with Crippen LogP contribution in [0.3, 0.4) is 0 Å². The van der Waals surface area contributed by atoms with Gasteiger partial charge in [0.2, 0.25) is 0 Å². The number of hydrogen-bond donors (Lipinski definition) is 0. The Morgan fingerprint density at radius 3 is 1.60 bits per heavy atom. The smallest absolute Gasteiger partial charge is 0.0170 e. The van der Waals surface area contributed by atoms with Gasteiger partial charge in [0.15, 0.2) is 0 Å². The van der Waals surface area contributed by atoms with Gasteiger partial charge in [-0.15, -0.1) is 0 Å². The Balaban J connectivity index is 2.55. The zero-order valence-electron chi connectivity index (χ0n) is 6.88. The van der Waals surface area contributed by atoms with Crippen LogP contribution < -0.4 is 0 Å². The van der Waals surface area contributed by atoms with Crippen LogP contribution in [-0.4, -0.2) is 0 Å². The van der Waals surface area contributed by atoms with Gasteiger partial charge < -0.3 is 0 Å². The third-order valence-corrected chi connectivity index (χ3v) is 2.32. The predicted molar refractivity (Wildman–Crippen MR) is 45.8 cm³/mol. The molecule has 0 N–H and O–H groups in total. The van der Waals surface area contributed by atoms with Crippen LogP contribution in [0.2, 0.25) is 0 Å². The molecule has 0 unspecified atom stereocenters. The van der Waals surface area contributed by atoms with Gasteiger partial charge in [0.05, 0.1) is 0 Å². The summed E-state index contributed by atoms with van der Waals surface area (Å²) in [6.07, 6.45) is 11.5. The molecule has 1 aliphatic carbocycles. The minimum Gasteiger partial charge on any atom is -0.0809 e. The first-order valence-electron chi connectivity index (χ1n) is 4.23. The predicted octanol–water partition coefficient (Wildman–Crippen LogP) is 3.16. The molecule has 0 aromatic heterocycles. The van der Waals surface area contributed by atoms with Gasteiger partial charge in [0.1, 0.15) is 0 Å². The van der Waals surface area contributed by atoms with E-state index in [0.717, 1.165) is 11.8 Å². The second kappa shape index (κ2) is 3.60. The molecule has 2 atom stereocenters. The van der Waals surface area contributed by atoms with E-state index in [1.54, 1.807) is 0 Å². The third kappa shape index (κ3) is 1.50. The van der Waals surface area contributed by atoms with Crippen molar-refractivity contribution in [3.05, 3.63) is 24.3 Å². The fourth-order valence-corrected chi connectivity index (χ4v) is 1.58. The van der Waals surface area contributed by atoms with Crippen molar-refractivity contribution in [2.45, 2.75) is 26.7 Å². The summed E-state index contributed by atoms with van der Waals surface area (Å²) in [4.78, 5) is 0. The molecule has 0 amide bonds. The van der Waals surface area contributed by atoms with Crippen LogP contribution in [0.15, 0.2) is 24.3 Å².